The predicted octanol–water partition coefficient (Wildman–Crippen LogP) is 3.07. The van der Waals surface area contributed by atoms with Crippen molar-refractivity contribution in [3.05, 3.63) is 0 Å². The van der Waals surface area contributed by atoms with Gasteiger partial charge in [0, 0.05) is 12.0 Å². The summed E-state index contributed by atoms with van der Waals surface area (Å²) in [5.41, 5.74) is -0.00382. The van der Waals surface area contributed by atoms with Crippen LogP contribution in [-0.4, -0.2) is 32.2 Å². The first-order chi connectivity index (χ1) is 7.63. The monoisotopic (exact) mass is 244 g/mol. The van der Waals surface area contributed by atoms with Crippen LogP contribution < -0.4 is 0 Å². The van der Waals surface area contributed by atoms with Crippen molar-refractivity contribution in [3.8, 4) is 0 Å². The highest BCUT2D eigenvalue weighted by molar-refractivity contribution is 5.84. The highest BCUT2D eigenvalue weighted by Gasteiger charge is 2.20. The zero-order chi connectivity index (χ0) is 13.5. The quantitative estimate of drug-likeness (QED) is 0.646. The van der Waals surface area contributed by atoms with Gasteiger partial charge in [0.2, 0.25) is 0 Å². The van der Waals surface area contributed by atoms with Gasteiger partial charge in [0.1, 0.15) is 6.61 Å². The summed E-state index contributed by atoms with van der Waals surface area (Å²) >= 11 is 0. The number of carbonyl (C=O) groups is 1. The Hall–Kier alpha value is -0.410. The molecule has 0 aromatic heterocycles. The fourth-order valence-electron chi connectivity index (χ4n) is 0.980. The molecule has 0 aromatic rings. The number of Topliss-reactive ketones (excluding diaryl/α,β-unsaturated/α-hetero) is 1. The number of carbonyl (C=O) groups excluding carboxylic acids is 1. The molecule has 0 saturated carbocycles. The van der Waals surface area contributed by atoms with E-state index in [1.54, 1.807) is 0 Å². The first kappa shape index (κ1) is 16.6. The fraction of sp³-hybridized carbons (Fsp3) is 0.929. The van der Waals surface area contributed by atoms with Gasteiger partial charge in [-0.05, 0) is 11.8 Å². The molecule has 0 rings (SSSR count). The normalized spacial score (nSPS) is 12.8. The van der Waals surface area contributed by atoms with Crippen molar-refractivity contribution in [3.63, 3.8) is 0 Å². The van der Waals surface area contributed by atoms with Crippen molar-refractivity contribution < 1.29 is 14.3 Å². The fourth-order valence-corrected chi connectivity index (χ4v) is 0.980. The van der Waals surface area contributed by atoms with Gasteiger partial charge < -0.3 is 9.47 Å². The van der Waals surface area contributed by atoms with E-state index in [9.17, 15) is 4.79 Å². The zero-order valence-corrected chi connectivity index (χ0v) is 12.3. The summed E-state index contributed by atoms with van der Waals surface area (Å²) < 4.78 is 10.7. The van der Waals surface area contributed by atoms with Crippen LogP contribution in [0.1, 0.15) is 48.0 Å². The summed E-state index contributed by atoms with van der Waals surface area (Å²) in [6.45, 7) is 14.3. The molecule has 0 aliphatic heterocycles. The maximum atomic E-state index is 11.5. The Kier molecular flexibility index (Phi) is 6.95. The molecule has 0 heterocycles. The van der Waals surface area contributed by atoms with Gasteiger partial charge in [-0.3, -0.25) is 4.79 Å². The summed E-state index contributed by atoms with van der Waals surface area (Å²) in [6, 6.07) is 0. The van der Waals surface area contributed by atoms with E-state index in [-0.39, 0.29) is 17.8 Å². The predicted molar refractivity (Wildman–Crippen MR) is 70.2 cm³/mol. The molecule has 0 aliphatic carbocycles. The minimum absolute atomic E-state index is 0.132. The molecule has 0 fully saturated rings. The molecule has 0 aromatic carbocycles. The Morgan fingerprint density at radius 1 is 0.882 bits per heavy atom. The SMILES string of the molecule is CC(C)(C)CCOCCOCC(=O)C(C)(C)C. The average molecular weight is 244 g/mol. The van der Waals surface area contributed by atoms with E-state index in [4.69, 9.17) is 9.47 Å². The largest absolute Gasteiger partial charge is 0.379 e. The van der Waals surface area contributed by atoms with Crippen LogP contribution in [0.15, 0.2) is 0 Å². The van der Waals surface area contributed by atoms with Crippen LogP contribution >= 0.6 is 0 Å². The molecule has 0 unspecified atom stereocenters. The van der Waals surface area contributed by atoms with E-state index in [2.05, 4.69) is 20.8 Å². The van der Waals surface area contributed by atoms with E-state index in [1.165, 1.54) is 0 Å². The summed E-state index contributed by atoms with van der Waals surface area (Å²) in [5, 5.41) is 0. The van der Waals surface area contributed by atoms with Gasteiger partial charge >= 0.3 is 0 Å². The van der Waals surface area contributed by atoms with Crippen LogP contribution in [0, 0.1) is 10.8 Å². The van der Waals surface area contributed by atoms with E-state index < -0.39 is 0 Å². The molecule has 102 valence electrons. The first-order valence-electron chi connectivity index (χ1n) is 6.32. The van der Waals surface area contributed by atoms with Crippen LogP contribution in [0.5, 0.6) is 0 Å². The lowest BCUT2D eigenvalue weighted by Crippen LogP contribution is -2.25. The van der Waals surface area contributed by atoms with E-state index >= 15 is 0 Å². The standard InChI is InChI=1S/C14H28O3/c1-13(2,3)7-8-16-9-10-17-11-12(15)14(4,5)6/h7-11H2,1-6H3. The van der Waals surface area contributed by atoms with Crippen molar-refractivity contribution in [2.24, 2.45) is 10.8 Å². The van der Waals surface area contributed by atoms with E-state index in [0.717, 1.165) is 13.0 Å². The van der Waals surface area contributed by atoms with Crippen molar-refractivity contribution >= 4 is 5.78 Å². The van der Waals surface area contributed by atoms with Crippen molar-refractivity contribution in [2.45, 2.75) is 48.0 Å². The number of ether oxygens (including phenoxy) is 2. The van der Waals surface area contributed by atoms with Gasteiger partial charge in [-0.25, -0.2) is 0 Å². The average Bonchev–Trinajstić information content (AvgIpc) is 2.12. The molecule has 0 N–H and O–H groups in total. The minimum Gasteiger partial charge on any atom is -0.379 e. The Morgan fingerprint density at radius 3 is 1.88 bits per heavy atom. The molecular formula is C14H28O3. The van der Waals surface area contributed by atoms with Gasteiger partial charge in [0.05, 0.1) is 13.2 Å². The van der Waals surface area contributed by atoms with Gasteiger partial charge in [-0.2, -0.15) is 0 Å². The first-order valence-corrected chi connectivity index (χ1v) is 6.32. The summed E-state index contributed by atoms with van der Waals surface area (Å²) in [4.78, 5) is 11.5. The number of hydrogen-bond donors (Lipinski definition) is 0. The summed E-state index contributed by atoms with van der Waals surface area (Å²) in [6.07, 6.45) is 1.04. The second-order valence-corrected chi connectivity index (χ2v) is 6.65. The van der Waals surface area contributed by atoms with Gasteiger partial charge in [-0.1, -0.05) is 41.5 Å². The Labute approximate surface area is 106 Å². The molecule has 0 saturated heterocycles. The highest BCUT2D eigenvalue weighted by Crippen LogP contribution is 2.17. The number of hydrogen-bond acceptors (Lipinski definition) is 3. The van der Waals surface area contributed by atoms with Crippen LogP contribution in [0.4, 0.5) is 0 Å². The second-order valence-electron chi connectivity index (χ2n) is 6.65. The van der Waals surface area contributed by atoms with Gasteiger partial charge in [-0.15, -0.1) is 0 Å². The van der Waals surface area contributed by atoms with Crippen LogP contribution in [0.2, 0.25) is 0 Å². The maximum absolute atomic E-state index is 11.5. The number of rotatable bonds is 7. The lowest BCUT2D eigenvalue weighted by atomic mass is 9.91. The maximum Gasteiger partial charge on any atom is 0.163 e. The third kappa shape index (κ3) is 10.5. The Balaban J connectivity index is 3.39. The molecule has 17 heavy (non-hydrogen) atoms. The van der Waals surface area contributed by atoms with Crippen molar-refractivity contribution in [2.75, 3.05) is 26.4 Å². The van der Waals surface area contributed by atoms with Crippen molar-refractivity contribution in [1.29, 1.82) is 0 Å². The Morgan fingerprint density at radius 2 is 1.41 bits per heavy atom. The Bertz CT molecular complexity index is 221. The zero-order valence-electron chi connectivity index (χ0n) is 12.3. The topological polar surface area (TPSA) is 35.5 Å². The third-order valence-electron chi connectivity index (χ3n) is 2.44. The molecule has 3 nitrogen and oxygen atoms in total. The third-order valence-corrected chi connectivity index (χ3v) is 2.44. The lowest BCUT2D eigenvalue weighted by Gasteiger charge is -2.18. The van der Waals surface area contributed by atoms with E-state index in [1.807, 2.05) is 20.8 Å². The molecule has 0 aliphatic rings. The molecular weight excluding hydrogens is 216 g/mol. The smallest absolute Gasteiger partial charge is 0.163 e. The molecule has 0 radical (unpaired) electrons. The highest BCUT2D eigenvalue weighted by atomic mass is 16.5. The summed E-state index contributed by atoms with van der Waals surface area (Å²) in [7, 11) is 0. The van der Waals surface area contributed by atoms with Crippen LogP contribution in [0.25, 0.3) is 0 Å². The van der Waals surface area contributed by atoms with Crippen LogP contribution in [-0.2, 0) is 14.3 Å². The van der Waals surface area contributed by atoms with E-state index in [0.29, 0.717) is 18.6 Å². The van der Waals surface area contributed by atoms with Gasteiger partial charge in [0.25, 0.3) is 0 Å². The minimum atomic E-state index is -0.312. The van der Waals surface area contributed by atoms with Crippen molar-refractivity contribution in [1.82, 2.24) is 0 Å². The number of ketones is 1. The van der Waals surface area contributed by atoms with Gasteiger partial charge in [0.15, 0.2) is 5.78 Å². The molecule has 0 spiro atoms. The molecule has 0 bridgehead atoms. The lowest BCUT2D eigenvalue weighted by molar-refractivity contribution is -0.131. The second kappa shape index (κ2) is 7.12. The molecule has 0 atom stereocenters. The molecule has 3 heteroatoms. The summed E-state index contributed by atoms with van der Waals surface area (Å²) in [5.74, 6) is 0.132. The molecule has 0 amide bonds. The van der Waals surface area contributed by atoms with Crippen LogP contribution in [0.3, 0.4) is 0 Å².